The first kappa shape index (κ1) is 13.4. The lowest BCUT2D eigenvalue weighted by molar-refractivity contribution is 0.614. The van der Waals surface area contributed by atoms with Gasteiger partial charge in [0.25, 0.3) is 0 Å². The van der Waals surface area contributed by atoms with Crippen molar-refractivity contribution < 1.29 is 0 Å². The molecular formula is C13H15Cl2N3. The summed E-state index contributed by atoms with van der Waals surface area (Å²) in [4.78, 5) is 0. The van der Waals surface area contributed by atoms with Crippen LogP contribution in [-0.2, 0) is 13.5 Å². The zero-order valence-electron chi connectivity index (χ0n) is 10.3. The summed E-state index contributed by atoms with van der Waals surface area (Å²) >= 11 is 12.0. The Morgan fingerprint density at radius 1 is 1.39 bits per heavy atom. The first-order chi connectivity index (χ1) is 8.49. The fourth-order valence-corrected chi connectivity index (χ4v) is 2.60. The molecule has 0 aliphatic carbocycles. The van der Waals surface area contributed by atoms with E-state index in [0.717, 1.165) is 16.8 Å². The van der Waals surface area contributed by atoms with Crippen LogP contribution in [0.1, 0.15) is 22.9 Å². The highest BCUT2D eigenvalue weighted by atomic mass is 35.5. The van der Waals surface area contributed by atoms with E-state index in [2.05, 4.69) is 5.10 Å². The van der Waals surface area contributed by atoms with Crippen molar-refractivity contribution in [1.82, 2.24) is 9.78 Å². The monoisotopic (exact) mass is 283 g/mol. The van der Waals surface area contributed by atoms with Crippen LogP contribution in [0.25, 0.3) is 0 Å². The normalized spacial score (nSPS) is 12.7. The van der Waals surface area contributed by atoms with Gasteiger partial charge in [-0.15, -0.1) is 0 Å². The Morgan fingerprint density at radius 2 is 2.11 bits per heavy atom. The van der Waals surface area contributed by atoms with E-state index in [0.29, 0.717) is 16.5 Å². The fourth-order valence-electron chi connectivity index (χ4n) is 2.11. The van der Waals surface area contributed by atoms with Gasteiger partial charge in [-0.1, -0.05) is 29.3 Å². The second-order valence-corrected chi connectivity index (χ2v) is 5.23. The summed E-state index contributed by atoms with van der Waals surface area (Å²) in [5, 5.41) is 5.48. The lowest BCUT2D eigenvalue weighted by Crippen LogP contribution is -2.18. The summed E-state index contributed by atoms with van der Waals surface area (Å²) in [6, 6.07) is 5.35. The Hall–Kier alpha value is -1.03. The third-order valence-electron chi connectivity index (χ3n) is 2.98. The summed E-state index contributed by atoms with van der Waals surface area (Å²) in [5.41, 5.74) is 9.34. The molecule has 2 N–H and O–H groups in total. The first-order valence-corrected chi connectivity index (χ1v) is 6.42. The topological polar surface area (TPSA) is 43.8 Å². The average Bonchev–Trinajstić information content (AvgIpc) is 2.62. The highest BCUT2D eigenvalue weighted by Gasteiger charge is 2.15. The van der Waals surface area contributed by atoms with Gasteiger partial charge in [-0.3, -0.25) is 4.68 Å². The molecule has 18 heavy (non-hydrogen) atoms. The van der Waals surface area contributed by atoms with Crippen LogP contribution in [0.2, 0.25) is 10.0 Å². The van der Waals surface area contributed by atoms with Crippen molar-refractivity contribution in [1.29, 1.82) is 0 Å². The number of nitrogens with two attached hydrogens (primary N) is 1. The van der Waals surface area contributed by atoms with Crippen molar-refractivity contribution in [2.75, 3.05) is 0 Å². The molecule has 3 nitrogen and oxygen atoms in total. The molecule has 1 unspecified atom stereocenters. The highest BCUT2D eigenvalue weighted by molar-refractivity contribution is 6.35. The Kier molecular flexibility index (Phi) is 3.95. The van der Waals surface area contributed by atoms with Crippen LogP contribution < -0.4 is 5.73 Å². The average molecular weight is 284 g/mol. The second-order valence-electron chi connectivity index (χ2n) is 4.38. The number of benzene rings is 1. The smallest absolute Gasteiger partial charge is 0.0580 e. The Morgan fingerprint density at radius 3 is 2.67 bits per heavy atom. The molecule has 0 fully saturated rings. The van der Waals surface area contributed by atoms with Gasteiger partial charge in [0.15, 0.2) is 0 Å². The molecule has 1 heterocycles. The Labute approximate surface area is 117 Å². The maximum Gasteiger partial charge on any atom is 0.0580 e. The molecule has 0 spiro atoms. The number of aryl methyl sites for hydroxylation is 2. The van der Waals surface area contributed by atoms with Crippen LogP contribution >= 0.6 is 23.2 Å². The predicted octanol–water partition coefficient (Wildman–Crippen LogP) is 3.28. The Balaban J connectivity index is 2.24. The van der Waals surface area contributed by atoms with Gasteiger partial charge in [-0.05, 0) is 36.6 Å². The van der Waals surface area contributed by atoms with Crippen LogP contribution in [-0.4, -0.2) is 9.78 Å². The number of nitrogens with zero attached hydrogens (tertiary/aromatic N) is 2. The summed E-state index contributed by atoms with van der Waals surface area (Å²) in [6.07, 6.45) is 2.48. The molecule has 1 atom stereocenters. The molecule has 2 rings (SSSR count). The largest absolute Gasteiger partial charge is 0.322 e. The Bertz CT molecular complexity index is 544. The van der Waals surface area contributed by atoms with Gasteiger partial charge in [-0.2, -0.15) is 5.10 Å². The van der Waals surface area contributed by atoms with Crippen LogP contribution in [0, 0.1) is 6.92 Å². The quantitative estimate of drug-likeness (QED) is 0.940. The van der Waals surface area contributed by atoms with E-state index in [1.807, 2.05) is 37.0 Å². The molecule has 0 amide bonds. The van der Waals surface area contributed by atoms with Gasteiger partial charge >= 0.3 is 0 Å². The van der Waals surface area contributed by atoms with Gasteiger partial charge < -0.3 is 5.73 Å². The third kappa shape index (κ3) is 2.69. The molecule has 0 saturated heterocycles. The summed E-state index contributed by atoms with van der Waals surface area (Å²) in [6.45, 7) is 2.01. The van der Waals surface area contributed by atoms with E-state index in [1.165, 1.54) is 0 Å². The number of aromatic nitrogens is 2. The summed E-state index contributed by atoms with van der Waals surface area (Å²) in [5.74, 6) is 0. The summed E-state index contributed by atoms with van der Waals surface area (Å²) < 4.78 is 1.81. The molecule has 1 aromatic carbocycles. The summed E-state index contributed by atoms with van der Waals surface area (Å²) in [7, 11) is 1.89. The van der Waals surface area contributed by atoms with Crippen molar-refractivity contribution in [3.05, 3.63) is 51.3 Å². The van der Waals surface area contributed by atoms with Gasteiger partial charge in [0, 0.05) is 17.1 Å². The zero-order chi connectivity index (χ0) is 13.3. The standard InChI is InChI=1S/C13H15Cl2N3/c1-8-7-17-18(2)13(8)12(16)5-9-3-4-10(14)6-11(9)15/h3-4,6-7,12H,5,16H2,1-2H3. The van der Waals surface area contributed by atoms with Crippen molar-refractivity contribution >= 4 is 23.2 Å². The predicted molar refractivity (Wildman–Crippen MR) is 75.0 cm³/mol. The van der Waals surface area contributed by atoms with Gasteiger partial charge in [0.1, 0.15) is 0 Å². The number of hydrogen-bond acceptors (Lipinski definition) is 2. The lowest BCUT2D eigenvalue weighted by atomic mass is 10.0. The second kappa shape index (κ2) is 5.31. The number of halogens is 2. The highest BCUT2D eigenvalue weighted by Crippen LogP contribution is 2.26. The van der Waals surface area contributed by atoms with E-state index in [-0.39, 0.29) is 6.04 Å². The first-order valence-electron chi connectivity index (χ1n) is 5.67. The number of hydrogen-bond donors (Lipinski definition) is 1. The molecule has 0 bridgehead atoms. The van der Waals surface area contributed by atoms with E-state index in [1.54, 1.807) is 6.07 Å². The molecule has 0 saturated carbocycles. The van der Waals surface area contributed by atoms with Crippen molar-refractivity contribution in [3.63, 3.8) is 0 Å². The minimum Gasteiger partial charge on any atom is -0.322 e. The third-order valence-corrected chi connectivity index (χ3v) is 3.57. The van der Waals surface area contributed by atoms with Crippen LogP contribution in [0.5, 0.6) is 0 Å². The number of rotatable bonds is 3. The van der Waals surface area contributed by atoms with E-state index >= 15 is 0 Å². The molecule has 0 aliphatic heterocycles. The minimum atomic E-state index is -0.129. The fraction of sp³-hybridized carbons (Fsp3) is 0.308. The minimum absolute atomic E-state index is 0.129. The molecule has 0 aliphatic rings. The molecule has 1 aromatic heterocycles. The van der Waals surface area contributed by atoms with Gasteiger partial charge in [0.05, 0.1) is 17.9 Å². The molecule has 0 radical (unpaired) electrons. The lowest BCUT2D eigenvalue weighted by Gasteiger charge is -2.14. The van der Waals surface area contributed by atoms with Crippen LogP contribution in [0.15, 0.2) is 24.4 Å². The van der Waals surface area contributed by atoms with Crippen LogP contribution in [0.4, 0.5) is 0 Å². The van der Waals surface area contributed by atoms with Crippen molar-refractivity contribution in [3.8, 4) is 0 Å². The molecular weight excluding hydrogens is 269 g/mol. The van der Waals surface area contributed by atoms with Gasteiger partial charge in [-0.25, -0.2) is 0 Å². The van der Waals surface area contributed by atoms with Crippen molar-refractivity contribution in [2.24, 2.45) is 12.8 Å². The van der Waals surface area contributed by atoms with Crippen LogP contribution in [0.3, 0.4) is 0 Å². The maximum absolute atomic E-state index is 6.23. The van der Waals surface area contributed by atoms with Gasteiger partial charge in [0.2, 0.25) is 0 Å². The molecule has 5 heteroatoms. The zero-order valence-corrected chi connectivity index (χ0v) is 11.8. The molecule has 96 valence electrons. The maximum atomic E-state index is 6.23. The van der Waals surface area contributed by atoms with E-state index in [4.69, 9.17) is 28.9 Å². The van der Waals surface area contributed by atoms with E-state index < -0.39 is 0 Å². The SMILES string of the molecule is Cc1cnn(C)c1C(N)Cc1ccc(Cl)cc1Cl. The molecule has 2 aromatic rings. The van der Waals surface area contributed by atoms with Crippen molar-refractivity contribution in [2.45, 2.75) is 19.4 Å². The van der Waals surface area contributed by atoms with E-state index in [9.17, 15) is 0 Å².